The first kappa shape index (κ1) is 10.6. The molecule has 0 bridgehead atoms. The first-order valence-electron chi connectivity index (χ1n) is 5.36. The van der Waals surface area contributed by atoms with Crippen molar-refractivity contribution in [2.75, 3.05) is 6.54 Å². The normalized spacial score (nSPS) is 20.1. The molecule has 3 N–H and O–H groups in total. The zero-order valence-electron chi connectivity index (χ0n) is 8.95. The maximum absolute atomic E-state index is 9.21. The van der Waals surface area contributed by atoms with Gasteiger partial charge < -0.3 is 15.5 Å². The Morgan fingerprint density at radius 1 is 1.27 bits per heavy atom. The molecule has 15 heavy (non-hydrogen) atoms. The molecule has 1 unspecified atom stereocenters. The highest BCUT2D eigenvalue weighted by molar-refractivity contribution is 5.41. The van der Waals surface area contributed by atoms with E-state index >= 15 is 0 Å². The molecule has 3 heteroatoms. The number of rotatable bonds is 2. The minimum Gasteiger partial charge on any atom is -0.392 e. The summed E-state index contributed by atoms with van der Waals surface area (Å²) in [6.07, 6.45) is 0.998. The van der Waals surface area contributed by atoms with Gasteiger partial charge in [0, 0.05) is 6.04 Å². The summed E-state index contributed by atoms with van der Waals surface area (Å²) in [4.78, 5) is 0. The maximum Gasteiger partial charge on any atom is 0.0685 e. The van der Waals surface area contributed by atoms with E-state index in [0.29, 0.717) is 6.04 Å². The second kappa shape index (κ2) is 4.31. The first-order valence-corrected chi connectivity index (χ1v) is 5.36. The van der Waals surface area contributed by atoms with E-state index in [4.69, 9.17) is 0 Å². The van der Waals surface area contributed by atoms with E-state index in [1.165, 1.54) is 11.1 Å². The van der Waals surface area contributed by atoms with Gasteiger partial charge in [-0.1, -0.05) is 12.1 Å². The lowest BCUT2D eigenvalue weighted by Crippen LogP contribution is -2.28. The Bertz CT molecular complexity index is 363. The summed E-state index contributed by atoms with van der Waals surface area (Å²) in [6, 6.07) is 4.38. The summed E-state index contributed by atoms with van der Waals surface area (Å²) in [5, 5.41) is 21.8. The van der Waals surface area contributed by atoms with Gasteiger partial charge >= 0.3 is 0 Å². The number of fused-ring (bicyclic) bond motifs is 1. The molecule has 82 valence electrons. The fraction of sp³-hybridized carbons (Fsp3) is 0.500. The molecule has 0 amide bonds. The van der Waals surface area contributed by atoms with Gasteiger partial charge in [0.15, 0.2) is 0 Å². The summed E-state index contributed by atoms with van der Waals surface area (Å²) in [5.74, 6) is 0. The van der Waals surface area contributed by atoms with Gasteiger partial charge in [-0.3, -0.25) is 0 Å². The molecule has 1 heterocycles. The molecule has 1 aromatic carbocycles. The number of nitrogens with one attached hydrogen (secondary N) is 1. The fourth-order valence-corrected chi connectivity index (χ4v) is 2.21. The average Bonchev–Trinajstić information content (AvgIpc) is 2.28. The van der Waals surface area contributed by atoms with Crippen molar-refractivity contribution in [3.63, 3.8) is 0 Å². The van der Waals surface area contributed by atoms with Crippen molar-refractivity contribution in [2.45, 2.75) is 32.6 Å². The third-order valence-corrected chi connectivity index (χ3v) is 3.11. The molecule has 0 radical (unpaired) electrons. The Morgan fingerprint density at radius 2 is 1.93 bits per heavy atom. The Morgan fingerprint density at radius 3 is 2.60 bits per heavy atom. The van der Waals surface area contributed by atoms with E-state index in [0.717, 1.165) is 24.1 Å². The lowest BCUT2D eigenvalue weighted by molar-refractivity contribution is 0.259. The van der Waals surface area contributed by atoms with E-state index in [1.54, 1.807) is 0 Å². The monoisotopic (exact) mass is 207 g/mol. The van der Waals surface area contributed by atoms with Gasteiger partial charge in [-0.15, -0.1) is 0 Å². The Hall–Kier alpha value is -0.900. The van der Waals surface area contributed by atoms with Crippen LogP contribution >= 0.6 is 0 Å². The summed E-state index contributed by atoms with van der Waals surface area (Å²) in [5.41, 5.74) is 4.24. The standard InChI is InChI=1S/C12H17NO2/c1-8-12-5-11(7-15)10(6-14)4-9(12)2-3-13-8/h4-5,8,13-15H,2-3,6-7H2,1H3. The molecule has 0 saturated carbocycles. The van der Waals surface area contributed by atoms with Crippen molar-refractivity contribution < 1.29 is 10.2 Å². The molecule has 3 nitrogen and oxygen atoms in total. The number of benzene rings is 1. The minimum absolute atomic E-state index is 0.00407. The number of hydrogen-bond donors (Lipinski definition) is 3. The Kier molecular flexibility index (Phi) is 3.05. The van der Waals surface area contributed by atoms with Crippen molar-refractivity contribution in [3.8, 4) is 0 Å². The van der Waals surface area contributed by atoms with Crippen LogP contribution in [0.4, 0.5) is 0 Å². The zero-order chi connectivity index (χ0) is 10.8. The van der Waals surface area contributed by atoms with Crippen LogP contribution in [0.3, 0.4) is 0 Å². The lowest BCUT2D eigenvalue weighted by atomic mass is 9.91. The van der Waals surface area contributed by atoms with E-state index in [-0.39, 0.29) is 13.2 Å². The van der Waals surface area contributed by atoms with Crippen LogP contribution in [0.25, 0.3) is 0 Å². The SMILES string of the molecule is CC1NCCc2cc(CO)c(CO)cc21. The summed E-state index contributed by atoms with van der Waals surface area (Å²) < 4.78 is 0. The van der Waals surface area contributed by atoms with Crippen LogP contribution in [0.2, 0.25) is 0 Å². The number of hydrogen-bond acceptors (Lipinski definition) is 3. The predicted molar refractivity (Wildman–Crippen MR) is 58.4 cm³/mol. The predicted octanol–water partition coefficient (Wildman–Crippen LogP) is 0.878. The molecular weight excluding hydrogens is 190 g/mol. The van der Waals surface area contributed by atoms with Crippen molar-refractivity contribution in [3.05, 3.63) is 34.4 Å². The topological polar surface area (TPSA) is 52.5 Å². The molecule has 0 saturated heterocycles. The molecule has 0 fully saturated rings. The highest BCUT2D eigenvalue weighted by atomic mass is 16.3. The molecule has 0 aromatic heterocycles. The lowest BCUT2D eigenvalue weighted by Gasteiger charge is -2.25. The highest BCUT2D eigenvalue weighted by Crippen LogP contribution is 2.26. The van der Waals surface area contributed by atoms with Crippen LogP contribution in [-0.4, -0.2) is 16.8 Å². The highest BCUT2D eigenvalue weighted by Gasteiger charge is 2.17. The van der Waals surface area contributed by atoms with Gasteiger partial charge in [0.2, 0.25) is 0 Å². The van der Waals surface area contributed by atoms with Gasteiger partial charge in [-0.25, -0.2) is 0 Å². The molecule has 0 spiro atoms. The van der Waals surface area contributed by atoms with E-state index in [9.17, 15) is 10.2 Å². The second-order valence-electron chi connectivity index (χ2n) is 4.06. The minimum atomic E-state index is -0.00407. The van der Waals surface area contributed by atoms with Gasteiger partial charge in [0.1, 0.15) is 0 Å². The van der Waals surface area contributed by atoms with Crippen LogP contribution in [0, 0.1) is 0 Å². The fourth-order valence-electron chi connectivity index (χ4n) is 2.21. The van der Waals surface area contributed by atoms with Crippen LogP contribution < -0.4 is 5.32 Å². The van der Waals surface area contributed by atoms with Gasteiger partial charge in [-0.05, 0) is 42.1 Å². The van der Waals surface area contributed by atoms with Crippen molar-refractivity contribution in [1.82, 2.24) is 5.32 Å². The summed E-state index contributed by atoms with van der Waals surface area (Å²) >= 11 is 0. The largest absolute Gasteiger partial charge is 0.392 e. The molecule has 1 aromatic rings. The summed E-state index contributed by atoms with van der Waals surface area (Å²) in [6.45, 7) is 3.11. The third kappa shape index (κ3) is 1.91. The van der Waals surface area contributed by atoms with Crippen LogP contribution in [0.5, 0.6) is 0 Å². The Balaban J connectivity index is 2.48. The van der Waals surface area contributed by atoms with Crippen molar-refractivity contribution in [1.29, 1.82) is 0 Å². The maximum atomic E-state index is 9.21. The molecule has 0 aliphatic carbocycles. The molecule has 1 aliphatic heterocycles. The molecular formula is C12H17NO2. The van der Waals surface area contributed by atoms with Crippen LogP contribution in [0.1, 0.15) is 35.2 Å². The smallest absolute Gasteiger partial charge is 0.0685 e. The average molecular weight is 207 g/mol. The van der Waals surface area contributed by atoms with Crippen molar-refractivity contribution >= 4 is 0 Å². The number of aliphatic hydroxyl groups is 2. The molecule has 1 atom stereocenters. The van der Waals surface area contributed by atoms with Crippen LogP contribution in [-0.2, 0) is 19.6 Å². The molecule has 1 aliphatic rings. The quantitative estimate of drug-likeness (QED) is 0.674. The third-order valence-electron chi connectivity index (χ3n) is 3.11. The van der Waals surface area contributed by atoms with Gasteiger partial charge in [-0.2, -0.15) is 0 Å². The van der Waals surface area contributed by atoms with Gasteiger partial charge in [0.25, 0.3) is 0 Å². The summed E-state index contributed by atoms with van der Waals surface area (Å²) in [7, 11) is 0. The first-order chi connectivity index (χ1) is 7.26. The number of aliphatic hydroxyl groups excluding tert-OH is 2. The van der Waals surface area contributed by atoms with E-state index < -0.39 is 0 Å². The second-order valence-corrected chi connectivity index (χ2v) is 4.06. The van der Waals surface area contributed by atoms with E-state index in [2.05, 4.69) is 12.2 Å². The van der Waals surface area contributed by atoms with E-state index in [1.807, 2.05) is 12.1 Å². The Labute approximate surface area is 89.8 Å². The van der Waals surface area contributed by atoms with Crippen molar-refractivity contribution in [2.24, 2.45) is 0 Å². The van der Waals surface area contributed by atoms with Crippen LogP contribution in [0.15, 0.2) is 12.1 Å². The molecule has 2 rings (SSSR count). The zero-order valence-corrected chi connectivity index (χ0v) is 8.95. The van der Waals surface area contributed by atoms with Gasteiger partial charge in [0.05, 0.1) is 13.2 Å².